The van der Waals surface area contributed by atoms with Gasteiger partial charge in [-0.3, -0.25) is 4.98 Å². The minimum absolute atomic E-state index is 0.466. The summed E-state index contributed by atoms with van der Waals surface area (Å²) in [5.41, 5.74) is 9.75. The molecule has 2 nitrogen and oxygen atoms in total. The molecular weight excluding hydrogens is 208 g/mol. The number of hydrogen-bond donors (Lipinski definition) is 1. The first-order valence-corrected chi connectivity index (χ1v) is 5.26. The van der Waals surface area contributed by atoms with Crippen molar-refractivity contribution in [1.29, 1.82) is 0 Å². The molecule has 0 saturated carbocycles. The van der Waals surface area contributed by atoms with Crippen molar-refractivity contribution in [2.45, 2.75) is 20.4 Å². The Morgan fingerprint density at radius 3 is 2.67 bits per heavy atom. The third-order valence-corrected chi connectivity index (χ3v) is 2.95. The maximum absolute atomic E-state index is 6.13. The SMILES string of the molecule is Cc1cc2c(Cl)ccc(C)c2nc1CN. The van der Waals surface area contributed by atoms with E-state index in [1.165, 1.54) is 0 Å². The van der Waals surface area contributed by atoms with Gasteiger partial charge in [0.25, 0.3) is 0 Å². The van der Waals surface area contributed by atoms with E-state index in [-0.39, 0.29) is 0 Å². The summed E-state index contributed by atoms with van der Waals surface area (Å²) in [6.45, 7) is 4.50. The summed E-state index contributed by atoms with van der Waals surface area (Å²) in [7, 11) is 0. The van der Waals surface area contributed by atoms with Crippen molar-refractivity contribution in [1.82, 2.24) is 4.98 Å². The highest BCUT2D eigenvalue weighted by atomic mass is 35.5. The quantitative estimate of drug-likeness (QED) is 0.803. The van der Waals surface area contributed by atoms with Crippen molar-refractivity contribution in [3.63, 3.8) is 0 Å². The van der Waals surface area contributed by atoms with Crippen LogP contribution in [-0.2, 0) is 6.54 Å². The molecule has 0 fully saturated rings. The molecule has 0 aliphatic heterocycles. The first-order chi connectivity index (χ1) is 7.13. The molecule has 78 valence electrons. The Morgan fingerprint density at radius 2 is 2.00 bits per heavy atom. The Hall–Kier alpha value is -1.12. The highest BCUT2D eigenvalue weighted by Crippen LogP contribution is 2.26. The molecular formula is C12H13ClN2. The Bertz CT molecular complexity index is 521. The Morgan fingerprint density at radius 1 is 1.27 bits per heavy atom. The van der Waals surface area contributed by atoms with E-state index in [1.807, 2.05) is 26.0 Å². The van der Waals surface area contributed by atoms with E-state index in [0.717, 1.165) is 32.7 Å². The standard InChI is InChI=1S/C12H13ClN2/c1-7-3-4-10(13)9-5-8(2)11(6-14)15-12(7)9/h3-5H,6,14H2,1-2H3. The van der Waals surface area contributed by atoms with Crippen molar-refractivity contribution in [3.05, 3.63) is 40.0 Å². The van der Waals surface area contributed by atoms with E-state index in [0.29, 0.717) is 6.54 Å². The van der Waals surface area contributed by atoms with Crippen molar-refractivity contribution in [3.8, 4) is 0 Å². The molecule has 1 heterocycles. The van der Waals surface area contributed by atoms with Gasteiger partial charge >= 0.3 is 0 Å². The largest absolute Gasteiger partial charge is 0.325 e. The summed E-state index contributed by atoms with van der Waals surface area (Å²) < 4.78 is 0. The number of rotatable bonds is 1. The number of fused-ring (bicyclic) bond motifs is 1. The monoisotopic (exact) mass is 220 g/mol. The molecule has 0 amide bonds. The van der Waals surface area contributed by atoms with E-state index in [9.17, 15) is 0 Å². The zero-order chi connectivity index (χ0) is 11.0. The topological polar surface area (TPSA) is 38.9 Å². The normalized spacial score (nSPS) is 10.9. The van der Waals surface area contributed by atoms with Gasteiger partial charge in [-0.15, -0.1) is 0 Å². The van der Waals surface area contributed by atoms with Crippen LogP contribution in [0.4, 0.5) is 0 Å². The van der Waals surface area contributed by atoms with Crippen LogP contribution in [0.5, 0.6) is 0 Å². The number of pyridine rings is 1. The Labute approximate surface area is 94.1 Å². The molecule has 0 atom stereocenters. The number of benzene rings is 1. The van der Waals surface area contributed by atoms with E-state index in [4.69, 9.17) is 17.3 Å². The molecule has 1 aromatic heterocycles. The molecule has 0 saturated heterocycles. The van der Waals surface area contributed by atoms with E-state index < -0.39 is 0 Å². The molecule has 2 rings (SSSR count). The number of nitrogens with zero attached hydrogens (tertiary/aromatic N) is 1. The van der Waals surface area contributed by atoms with Crippen LogP contribution in [0, 0.1) is 13.8 Å². The maximum atomic E-state index is 6.13. The third kappa shape index (κ3) is 1.71. The summed E-state index contributed by atoms with van der Waals surface area (Å²) in [5.74, 6) is 0. The van der Waals surface area contributed by atoms with Gasteiger partial charge in [0.1, 0.15) is 0 Å². The predicted molar refractivity (Wildman–Crippen MR) is 64.1 cm³/mol. The molecule has 0 bridgehead atoms. The van der Waals surface area contributed by atoms with Crippen molar-refractivity contribution in [2.75, 3.05) is 0 Å². The molecule has 15 heavy (non-hydrogen) atoms. The lowest BCUT2D eigenvalue weighted by molar-refractivity contribution is 0.983. The smallest absolute Gasteiger partial charge is 0.0750 e. The lowest BCUT2D eigenvalue weighted by atomic mass is 10.1. The minimum atomic E-state index is 0.466. The Balaban J connectivity index is 2.86. The van der Waals surface area contributed by atoms with Gasteiger partial charge in [0, 0.05) is 17.0 Å². The number of aromatic nitrogens is 1. The molecule has 0 unspecified atom stereocenters. The molecule has 3 heteroatoms. The summed E-state index contributed by atoms with van der Waals surface area (Å²) in [6.07, 6.45) is 0. The molecule has 0 spiro atoms. The second-order valence-electron chi connectivity index (χ2n) is 3.72. The number of hydrogen-bond acceptors (Lipinski definition) is 2. The van der Waals surface area contributed by atoms with Gasteiger partial charge in [-0.2, -0.15) is 0 Å². The van der Waals surface area contributed by atoms with Crippen molar-refractivity contribution in [2.24, 2.45) is 5.73 Å². The number of nitrogens with two attached hydrogens (primary N) is 1. The van der Waals surface area contributed by atoms with Gasteiger partial charge in [-0.05, 0) is 37.1 Å². The summed E-state index contributed by atoms with van der Waals surface area (Å²) >= 11 is 6.13. The third-order valence-electron chi connectivity index (χ3n) is 2.62. The van der Waals surface area contributed by atoms with Crippen molar-refractivity contribution >= 4 is 22.5 Å². The van der Waals surface area contributed by atoms with Gasteiger partial charge in [0.2, 0.25) is 0 Å². The van der Waals surface area contributed by atoms with Crippen LogP contribution in [0.2, 0.25) is 5.02 Å². The fraction of sp³-hybridized carbons (Fsp3) is 0.250. The fourth-order valence-corrected chi connectivity index (χ4v) is 1.91. The first-order valence-electron chi connectivity index (χ1n) is 4.89. The molecule has 2 N–H and O–H groups in total. The highest BCUT2D eigenvalue weighted by molar-refractivity contribution is 6.35. The van der Waals surface area contributed by atoms with Crippen LogP contribution in [0.1, 0.15) is 16.8 Å². The fourth-order valence-electron chi connectivity index (χ4n) is 1.71. The Kier molecular flexibility index (Phi) is 2.63. The second kappa shape index (κ2) is 3.80. The van der Waals surface area contributed by atoms with Gasteiger partial charge in [0.05, 0.1) is 11.2 Å². The molecule has 0 aliphatic rings. The van der Waals surface area contributed by atoms with Crippen molar-refractivity contribution < 1.29 is 0 Å². The average Bonchev–Trinajstić information content (AvgIpc) is 2.23. The molecule has 2 aromatic rings. The average molecular weight is 221 g/mol. The van der Waals surface area contributed by atoms with Crippen LogP contribution in [0.3, 0.4) is 0 Å². The zero-order valence-electron chi connectivity index (χ0n) is 8.84. The minimum Gasteiger partial charge on any atom is -0.325 e. The molecule has 0 radical (unpaired) electrons. The van der Waals surface area contributed by atoms with Crippen LogP contribution >= 0.6 is 11.6 Å². The summed E-state index contributed by atoms with van der Waals surface area (Å²) in [4.78, 5) is 4.54. The van der Waals surface area contributed by atoms with E-state index >= 15 is 0 Å². The zero-order valence-corrected chi connectivity index (χ0v) is 9.60. The van der Waals surface area contributed by atoms with Gasteiger partial charge in [-0.1, -0.05) is 17.7 Å². The summed E-state index contributed by atoms with van der Waals surface area (Å²) in [5, 5.41) is 1.75. The highest BCUT2D eigenvalue weighted by Gasteiger charge is 2.06. The lowest BCUT2D eigenvalue weighted by Gasteiger charge is -2.08. The van der Waals surface area contributed by atoms with Crippen LogP contribution in [-0.4, -0.2) is 4.98 Å². The molecule has 0 aliphatic carbocycles. The van der Waals surface area contributed by atoms with Crippen LogP contribution in [0.25, 0.3) is 10.9 Å². The van der Waals surface area contributed by atoms with Gasteiger partial charge in [-0.25, -0.2) is 0 Å². The maximum Gasteiger partial charge on any atom is 0.0750 e. The van der Waals surface area contributed by atoms with Crippen LogP contribution in [0.15, 0.2) is 18.2 Å². The predicted octanol–water partition coefficient (Wildman–Crippen LogP) is 2.96. The second-order valence-corrected chi connectivity index (χ2v) is 4.12. The summed E-state index contributed by atoms with van der Waals surface area (Å²) in [6, 6.07) is 5.94. The number of halogens is 1. The van der Waals surface area contributed by atoms with Crippen LogP contribution < -0.4 is 5.73 Å². The van der Waals surface area contributed by atoms with E-state index in [2.05, 4.69) is 11.1 Å². The van der Waals surface area contributed by atoms with Gasteiger partial charge in [0.15, 0.2) is 0 Å². The lowest BCUT2D eigenvalue weighted by Crippen LogP contribution is -2.03. The first kappa shape index (κ1) is 10.4. The molecule has 1 aromatic carbocycles. The van der Waals surface area contributed by atoms with Gasteiger partial charge < -0.3 is 5.73 Å². The number of aryl methyl sites for hydroxylation is 2. The van der Waals surface area contributed by atoms with E-state index in [1.54, 1.807) is 0 Å².